The van der Waals surface area contributed by atoms with Gasteiger partial charge in [-0.2, -0.15) is 0 Å². The van der Waals surface area contributed by atoms with Crippen molar-refractivity contribution in [2.24, 2.45) is 0 Å². The molecule has 24 heavy (non-hydrogen) atoms. The van der Waals surface area contributed by atoms with Crippen LogP contribution in [0.4, 0.5) is 0 Å². The molecule has 0 aliphatic carbocycles. The van der Waals surface area contributed by atoms with Crippen LogP contribution in [-0.2, 0) is 13.0 Å². The van der Waals surface area contributed by atoms with Gasteiger partial charge in [0.2, 0.25) is 0 Å². The fraction of sp³-hybridized carbons (Fsp3) is 0.350. The molecule has 1 aliphatic heterocycles. The Bertz CT molecular complexity index is 750. The largest absolute Gasteiger partial charge is 0.497 e. The standard InChI is InChI=1S/C20H24NO3/c1-14-9-16-10-19(23-3)20(24-4)11-17(16)13-21(14)12-15-5-7-18(22-2)8-6-15/h5-8,10-11,13-14H,9,12H2,1-4H3/q+1. The van der Waals surface area contributed by atoms with Crippen molar-refractivity contribution >= 4 is 6.21 Å². The van der Waals surface area contributed by atoms with Crippen LogP contribution in [0.25, 0.3) is 0 Å². The molecule has 1 heterocycles. The highest BCUT2D eigenvalue weighted by molar-refractivity contribution is 5.80. The summed E-state index contributed by atoms with van der Waals surface area (Å²) in [4.78, 5) is 0. The fourth-order valence-electron chi connectivity index (χ4n) is 3.12. The monoisotopic (exact) mass is 326 g/mol. The first kappa shape index (κ1) is 16.4. The second-order valence-electron chi connectivity index (χ2n) is 6.11. The summed E-state index contributed by atoms with van der Waals surface area (Å²) in [6.07, 6.45) is 3.21. The molecule has 0 N–H and O–H groups in total. The van der Waals surface area contributed by atoms with Gasteiger partial charge in [-0.15, -0.1) is 0 Å². The van der Waals surface area contributed by atoms with E-state index in [2.05, 4.69) is 42.0 Å². The SMILES string of the molecule is COc1ccc(C[N+]2=Cc3cc(OC)c(OC)cc3CC2C)cc1. The number of methoxy groups -OCH3 is 3. The van der Waals surface area contributed by atoms with Crippen LogP contribution in [0, 0.1) is 0 Å². The van der Waals surface area contributed by atoms with E-state index in [4.69, 9.17) is 14.2 Å². The molecule has 0 saturated carbocycles. The third-order valence-electron chi connectivity index (χ3n) is 4.56. The van der Waals surface area contributed by atoms with Gasteiger partial charge in [0.15, 0.2) is 30.3 Å². The zero-order valence-corrected chi connectivity index (χ0v) is 14.7. The topological polar surface area (TPSA) is 30.7 Å². The second kappa shape index (κ2) is 6.95. The van der Waals surface area contributed by atoms with Crippen LogP contribution in [0.1, 0.15) is 23.6 Å². The van der Waals surface area contributed by atoms with Crippen LogP contribution in [0.5, 0.6) is 17.2 Å². The van der Waals surface area contributed by atoms with Gasteiger partial charge in [0, 0.05) is 17.5 Å². The van der Waals surface area contributed by atoms with Crippen molar-refractivity contribution in [1.82, 2.24) is 0 Å². The lowest BCUT2D eigenvalue weighted by atomic mass is 9.96. The van der Waals surface area contributed by atoms with E-state index in [1.807, 2.05) is 12.1 Å². The van der Waals surface area contributed by atoms with E-state index in [0.717, 1.165) is 30.2 Å². The summed E-state index contributed by atoms with van der Waals surface area (Å²) >= 11 is 0. The molecule has 126 valence electrons. The predicted molar refractivity (Wildman–Crippen MR) is 94.8 cm³/mol. The first-order valence-electron chi connectivity index (χ1n) is 8.13. The molecule has 1 atom stereocenters. The molecule has 1 unspecified atom stereocenters. The average molecular weight is 326 g/mol. The smallest absolute Gasteiger partial charge is 0.171 e. The zero-order chi connectivity index (χ0) is 17.1. The molecule has 4 nitrogen and oxygen atoms in total. The lowest BCUT2D eigenvalue weighted by Crippen LogP contribution is -2.31. The number of rotatable bonds is 5. The van der Waals surface area contributed by atoms with Crippen molar-refractivity contribution in [3.63, 3.8) is 0 Å². The first-order valence-corrected chi connectivity index (χ1v) is 8.13. The van der Waals surface area contributed by atoms with Crippen LogP contribution in [0.3, 0.4) is 0 Å². The molecule has 0 aromatic heterocycles. The summed E-state index contributed by atoms with van der Waals surface area (Å²) in [6, 6.07) is 12.8. The van der Waals surface area contributed by atoms with Gasteiger partial charge >= 0.3 is 0 Å². The third kappa shape index (κ3) is 3.23. The number of hydrogen-bond donors (Lipinski definition) is 0. The average Bonchev–Trinajstić information content (AvgIpc) is 2.62. The molecule has 1 aliphatic rings. The van der Waals surface area contributed by atoms with E-state index in [-0.39, 0.29) is 0 Å². The Morgan fingerprint density at radius 1 is 0.958 bits per heavy atom. The van der Waals surface area contributed by atoms with E-state index < -0.39 is 0 Å². The summed E-state index contributed by atoms with van der Waals surface area (Å²) in [5.74, 6) is 2.45. The van der Waals surface area contributed by atoms with Crippen LogP contribution < -0.4 is 14.2 Å². The van der Waals surface area contributed by atoms with Crippen molar-refractivity contribution in [2.45, 2.75) is 25.9 Å². The molecule has 0 amide bonds. The summed E-state index contributed by atoms with van der Waals surface area (Å²) < 4.78 is 18.4. The molecular formula is C20H24NO3+. The second-order valence-corrected chi connectivity index (χ2v) is 6.11. The van der Waals surface area contributed by atoms with Gasteiger partial charge in [0.05, 0.1) is 21.3 Å². The normalized spacial score (nSPS) is 16.2. The fourth-order valence-corrected chi connectivity index (χ4v) is 3.12. The zero-order valence-electron chi connectivity index (χ0n) is 14.7. The van der Waals surface area contributed by atoms with Crippen LogP contribution in [-0.4, -0.2) is 38.2 Å². The molecule has 0 fully saturated rings. The molecule has 2 aromatic rings. The third-order valence-corrected chi connectivity index (χ3v) is 4.56. The summed E-state index contributed by atoms with van der Waals surface area (Å²) in [5.41, 5.74) is 3.76. The van der Waals surface area contributed by atoms with Crippen molar-refractivity contribution in [2.75, 3.05) is 21.3 Å². The Hall–Kier alpha value is -2.49. The lowest BCUT2D eigenvalue weighted by Gasteiger charge is -2.20. The Morgan fingerprint density at radius 3 is 2.25 bits per heavy atom. The Kier molecular flexibility index (Phi) is 4.74. The van der Waals surface area contributed by atoms with E-state index in [0.29, 0.717) is 6.04 Å². The highest BCUT2D eigenvalue weighted by atomic mass is 16.5. The van der Waals surface area contributed by atoms with Gasteiger partial charge in [-0.3, -0.25) is 0 Å². The molecule has 0 saturated heterocycles. The van der Waals surface area contributed by atoms with Crippen molar-refractivity contribution < 1.29 is 18.8 Å². The summed E-state index contributed by atoms with van der Waals surface area (Å²) in [5, 5.41) is 0. The maximum absolute atomic E-state index is 5.43. The van der Waals surface area contributed by atoms with Crippen molar-refractivity contribution in [3.8, 4) is 17.2 Å². The minimum Gasteiger partial charge on any atom is -0.497 e. The first-order chi connectivity index (χ1) is 11.6. The number of fused-ring (bicyclic) bond motifs is 1. The minimum absolute atomic E-state index is 0.428. The number of hydrogen-bond acceptors (Lipinski definition) is 3. The van der Waals surface area contributed by atoms with E-state index in [1.54, 1.807) is 21.3 Å². The molecule has 0 spiro atoms. The predicted octanol–water partition coefficient (Wildman–Crippen LogP) is 3.29. The highest BCUT2D eigenvalue weighted by Gasteiger charge is 2.25. The molecule has 2 aromatic carbocycles. The quantitative estimate of drug-likeness (QED) is 0.790. The molecule has 3 rings (SSSR count). The molecule has 0 bridgehead atoms. The minimum atomic E-state index is 0.428. The highest BCUT2D eigenvalue weighted by Crippen LogP contribution is 2.32. The Balaban J connectivity index is 1.90. The molecule has 0 radical (unpaired) electrons. The maximum Gasteiger partial charge on any atom is 0.171 e. The lowest BCUT2D eigenvalue weighted by molar-refractivity contribution is -0.574. The van der Waals surface area contributed by atoms with Gasteiger partial charge in [0.1, 0.15) is 5.75 Å². The van der Waals surface area contributed by atoms with Crippen molar-refractivity contribution in [3.05, 3.63) is 53.1 Å². The van der Waals surface area contributed by atoms with E-state index in [1.165, 1.54) is 16.7 Å². The van der Waals surface area contributed by atoms with Gasteiger partial charge in [-0.05, 0) is 48.9 Å². The maximum atomic E-state index is 5.43. The van der Waals surface area contributed by atoms with Crippen molar-refractivity contribution in [1.29, 1.82) is 0 Å². The number of nitrogens with zero attached hydrogens (tertiary/aromatic N) is 1. The van der Waals surface area contributed by atoms with Gasteiger partial charge < -0.3 is 14.2 Å². The van der Waals surface area contributed by atoms with Gasteiger partial charge in [0.25, 0.3) is 0 Å². The Labute approximate surface area is 143 Å². The number of ether oxygens (including phenoxy) is 3. The van der Waals surface area contributed by atoms with E-state index >= 15 is 0 Å². The summed E-state index contributed by atoms with van der Waals surface area (Å²) in [6.45, 7) is 3.12. The van der Waals surface area contributed by atoms with E-state index in [9.17, 15) is 0 Å². The molecule has 4 heteroatoms. The van der Waals surface area contributed by atoms with Gasteiger partial charge in [-0.1, -0.05) is 0 Å². The Morgan fingerprint density at radius 2 is 1.62 bits per heavy atom. The van der Waals surface area contributed by atoms with Gasteiger partial charge in [-0.25, -0.2) is 4.58 Å². The summed E-state index contributed by atoms with van der Waals surface area (Å²) in [7, 11) is 5.04. The van der Waals surface area contributed by atoms with Crippen LogP contribution in [0.15, 0.2) is 36.4 Å². The van der Waals surface area contributed by atoms with Crippen LogP contribution >= 0.6 is 0 Å². The number of benzene rings is 2. The molecular weight excluding hydrogens is 302 g/mol. The van der Waals surface area contributed by atoms with Crippen LogP contribution in [0.2, 0.25) is 0 Å².